The van der Waals surface area contributed by atoms with E-state index in [1.54, 1.807) is 6.07 Å². The molecule has 0 spiro atoms. The zero-order valence-electron chi connectivity index (χ0n) is 15.0. The summed E-state index contributed by atoms with van der Waals surface area (Å²) in [6, 6.07) is 1.74. The maximum absolute atomic E-state index is 12.4. The first-order chi connectivity index (χ1) is 11.6. The molecule has 1 amide bonds. The van der Waals surface area contributed by atoms with Crippen LogP contribution >= 0.6 is 0 Å². The van der Waals surface area contributed by atoms with Crippen molar-refractivity contribution in [1.82, 2.24) is 20.2 Å². The Bertz CT molecular complexity index is 532. The summed E-state index contributed by atoms with van der Waals surface area (Å²) in [5.74, 6) is 0.473. The fourth-order valence-corrected chi connectivity index (χ4v) is 2.58. The fraction of sp³-hybridized carbons (Fsp3) is 0.706. The van der Waals surface area contributed by atoms with E-state index in [2.05, 4.69) is 27.1 Å². The van der Waals surface area contributed by atoms with Crippen LogP contribution in [0.2, 0.25) is 0 Å². The molecule has 7 nitrogen and oxygen atoms in total. The number of rotatable bonds is 8. The van der Waals surface area contributed by atoms with Crippen LogP contribution in [0.1, 0.15) is 35.9 Å². The summed E-state index contributed by atoms with van der Waals surface area (Å²) < 4.78 is 5.32. The van der Waals surface area contributed by atoms with Crippen LogP contribution in [0.15, 0.2) is 6.07 Å². The number of carbonyl (C=O) groups excluding carboxylic acids is 1. The second-order valence-electron chi connectivity index (χ2n) is 6.18. The van der Waals surface area contributed by atoms with Gasteiger partial charge in [0.05, 0.1) is 13.2 Å². The Kier molecular flexibility index (Phi) is 7.39. The number of nitrogens with zero attached hydrogens (tertiary/aromatic N) is 4. The van der Waals surface area contributed by atoms with Crippen molar-refractivity contribution >= 4 is 11.9 Å². The molecule has 2 rings (SSSR count). The predicted molar refractivity (Wildman–Crippen MR) is 94.5 cm³/mol. The predicted octanol–water partition coefficient (Wildman–Crippen LogP) is 1.08. The van der Waals surface area contributed by atoms with Crippen molar-refractivity contribution < 1.29 is 9.53 Å². The van der Waals surface area contributed by atoms with Gasteiger partial charge in [-0.15, -0.1) is 0 Å². The highest BCUT2D eigenvalue weighted by molar-refractivity contribution is 5.92. The van der Waals surface area contributed by atoms with E-state index in [0.29, 0.717) is 18.2 Å². The summed E-state index contributed by atoms with van der Waals surface area (Å²) in [4.78, 5) is 25.5. The van der Waals surface area contributed by atoms with Crippen LogP contribution in [0.3, 0.4) is 0 Å². The van der Waals surface area contributed by atoms with E-state index < -0.39 is 0 Å². The lowest BCUT2D eigenvalue weighted by Crippen LogP contribution is -2.41. The average Bonchev–Trinajstić information content (AvgIpc) is 2.60. The number of hydrogen-bond donors (Lipinski definition) is 1. The first kappa shape index (κ1) is 18.6. The summed E-state index contributed by atoms with van der Waals surface area (Å²) in [5, 5.41) is 2.95. The van der Waals surface area contributed by atoms with Gasteiger partial charge in [0.25, 0.3) is 5.91 Å². The van der Waals surface area contributed by atoms with Gasteiger partial charge in [0, 0.05) is 45.5 Å². The lowest BCUT2D eigenvalue weighted by atomic mass is 10.3. The molecule has 1 saturated heterocycles. The van der Waals surface area contributed by atoms with Crippen LogP contribution in [0.25, 0.3) is 0 Å². The van der Waals surface area contributed by atoms with Crippen LogP contribution in [0.5, 0.6) is 0 Å². The molecule has 1 N–H and O–H groups in total. The van der Waals surface area contributed by atoms with Crippen molar-refractivity contribution in [3.63, 3.8) is 0 Å². The van der Waals surface area contributed by atoms with E-state index >= 15 is 0 Å². The topological polar surface area (TPSA) is 70.6 Å². The molecular formula is C17H29N5O2. The highest BCUT2D eigenvalue weighted by Crippen LogP contribution is 2.10. The normalized spacial score (nSPS) is 15.3. The van der Waals surface area contributed by atoms with Crippen molar-refractivity contribution in [2.24, 2.45) is 0 Å². The number of morpholine rings is 1. The van der Waals surface area contributed by atoms with E-state index in [1.165, 1.54) is 0 Å². The molecule has 7 heteroatoms. The summed E-state index contributed by atoms with van der Waals surface area (Å²) in [6.45, 7) is 9.77. The number of carbonyl (C=O) groups is 1. The zero-order chi connectivity index (χ0) is 17.4. The second-order valence-corrected chi connectivity index (χ2v) is 6.18. The van der Waals surface area contributed by atoms with Gasteiger partial charge in [-0.2, -0.15) is 0 Å². The third-order valence-electron chi connectivity index (χ3n) is 4.08. The minimum absolute atomic E-state index is 0.140. The highest BCUT2D eigenvalue weighted by Gasteiger charge is 2.14. The molecule has 0 unspecified atom stereocenters. The molecule has 0 saturated carbocycles. The van der Waals surface area contributed by atoms with Gasteiger partial charge in [0.2, 0.25) is 5.95 Å². The van der Waals surface area contributed by atoms with Crippen molar-refractivity contribution in [2.75, 3.05) is 57.9 Å². The van der Waals surface area contributed by atoms with Gasteiger partial charge in [-0.05, 0) is 19.4 Å². The molecule has 1 aliphatic heterocycles. The summed E-state index contributed by atoms with van der Waals surface area (Å²) >= 11 is 0. The van der Waals surface area contributed by atoms with Crippen LogP contribution in [-0.2, 0) is 4.74 Å². The Labute approximate surface area is 144 Å². The van der Waals surface area contributed by atoms with E-state index in [4.69, 9.17) is 4.74 Å². The second kappa shape index (κ2) is 9.54. The Morgan fingerprint density at radius 3 is 2.83 bits per heavy atom. The molecule has 0 aliphatic carbocycles. The largest absolute Gasteiger partial charge is 0.379 e. The van der Waals surface area contributed by atoms with Gasteiger partial charge < -0.3 is 15.0 Å². The van der Waals surface area contributed by atoms with Crippen molar-refractivity contribution in [3.05, 3.63) is 17.5 Å². The molecule has 1 fully saturated rings. The number of nitrogens with one attached hydrogen (secondary N) is 1. The smallest absolute Gasteiger partial charge is 0.270 e. The molecular weight excluding hydrogens is 306 g/mol. The number of unbranched alkanes of at least 4 members (excludes halogenated alkanes) is 1. The van der Waals surface area contributed by atoms with E-state index in [9.17, 15) is 4.79 Å². The standard InChI is InChI=1S/C17H29N5O2/c1-4-5-7-21(3)17-19-14(2)13-15(20-17)16(23)18-6-8-22-9-11-24-12-10-22/h13H,4-12H2,1-3H3,(H,18,23). The molecule has 0 radical (unpaired) electrons. The first-order valence-electron chi connectivity index (χ1n) is 8.75. The van der Waals surface area contributed by atoms with Gasteiger partial charge in [-0.3, -0.25) is 9.69 Å². The Hall–Kier alpha value is -1.73. The molecule has 2 heterocycles. The minimum atomic E-state index is -0.140. The molecule has 24 heavy (non-hydrogen) atoms. The quantitative estimate of drug-likeness (QED) is 0.767. The summed E-state index contributed by atoms with van der Waals surface area (Å²) in [6.07, 6.45) is 2.19. The van der Waals surface area contributed by atoms with Crippen LogP contribution in [0, 0.1) is 6.92 Å². The maximum Gasteiger partial charge on any atom is 0.270 e. The lowest BCUT2D eigenvalue weighted by molar-refractivity contribution is 0.0383. The molecule has 134 valence electrons. The molecule has 0 aromatic carbocycles. The van der Waals surface area contributed by atoms with Crippen LogP contribution in [-0.4, -0.2) is 73.8 Å². The Morgan fingerprint density at radius 1 is 1.38 bits per heavy atom. The minimum Gasteiger partial charge on any atom is -0.379 e. The number of anilines is 1. The van der Waals surface area contributed by atoms with E-state index in [1.807, 2.05) is 18.9 Å². The molecule has 0 bridgehead atoms. The van der Waals surface area contributed by atoms with Crippen LogP contribution in [0.4, 0.5) is 5.95 Å². The van der Waals surface area contributed by atoms with Gasteiger partial charge in [0.15, 0.2) is 0 Å². The summed E-state index contributed by atoms with van der Waals surface area (Å²) in [5.41, 5.74) is 1.24. The van der Waals surface area contributed by atoms with Crippen molar-refractivity contribution in [3.8, 4) is 0 Å². The Balaban J connectivity index is 1.89. The van der Waals surface area contributed by atoms with Crippen LogP contribution < -0.4 is 10.2 Å². The monoisotopic (exact) mass is 335 g/mol. The third kappa shape index (κ3) is 5.72. The van der Waals surface area contributed by atoms with Gasteiger partial charge in [-0.1, -0.05) is 13.3 Å². The van der Waals surface area contributed by atoms with E-state index in [-0.39, 0.29) is 5.91 Å². The van der Waals surface area contributed by atoms with E-state index in [0.717, 1.165) is 57.9 Å². The SMILES string of the molecule is CCCCN(C)c1nc(C)cc(C(=O)NCCN2CCOCC2)n1. The third-order valence-corrected chi connectivity index (χ3v) is 4.08. The number of ether oxygens (including phenoxy) is 1. The summed E-state index contributed by atoms with van der Waals surface area (Å²) in [7, 11) is 1.96. The Morgan fingerprint density at radius 2 is 2.12 bits per heavy atom. The van der Waals surface area contributed by atoms with Gasteiger partial charge >= 0.3 is 0 Å². The average molecular weight is 335 g/mol. The molecule has 1 aromatic heterocycles. The number of aromatic nitrogens is 2. The number of aryl methyl sites for hydroxylation is 1. The fourth-order valence-electron chi connectivity index (χ4n) is 2.58. The molecule has 1 aromatic rings. The van der Waals surface area contributed by atoms with Crippen molar-refractivity contribution in [2.45, 2.75) is 26.7 Å². The maximum atomic E-state index is 12.4. The van der Waals surface area contributed by atoms with Gasteiger partial charge in [0.1, 0.15) is 5.69 Å². The number of amides is 1. The molecule has 1 aliphatic rings. The first-order valence-corrected chi connectivity index (χ1v) is 8.75. The molecule has 0 atom stereocenters. The zero-order valence-corrected chi connectivity index (χ0v) is 15.0. The lowest BCUT2D eigenvalue weighted by Gasteiger charge is -2.26. The highest BCUT2D eigenvalue weighted by atomic mass is 16.5. The van der Waals surface area contributed by atoms with Gasteiger partial charge in [-0.25, -0.2) is 9.97 Å². The van der Waals surface area contributed by atoms with Crippen molar-refractivity contribution in [1.29, 1.82) is 0 Å². The number of hydrogen-bond acceptors (Lipinski definition) is 6.